The van der Waals surface area contributed by atoms with Gasteiger partial charge in [0, 0.05) is 13.1 Å². The Morgan fingerprint density at radius 1 is 0.625 bits per heavy atom. The molecule has 0 saturated heterocycles. The molecule has 0 fully saturated rings. The predicted molar refractivity (Wildman–Crippen MR) is 111 cm³/mol. The lowest BCUT2D eigenvalue weighted by molar-refractivity contribution is -0.159. The Labute approximate surface area is 184 Å². The molecule has 0 spiro atoms. The molecular formula is C22H24N2O8. The van der Waals surface area contributed by atoms with Gasteiger partial charge in [-0.05, 0) is 72.5 Å². The number of aliphatic carboxylic acids is 2. The van der Waals surface area contributed by atoms with Gasteiger partial charge in [0.25, 0.3) is 0 Å². The van der Waals surface area contributed by atoms with Crippen molar-refractivity contribution in [2.45, 2.75) is 25.9 Å². The second-order valence-electron chi connectivity index (χ2n) is 7.41. The summed E-state index contributed by atoms with van der Waals surface area (Å²) >= 11 is 0. The van der Waals surface area contributed by atoms with E-state index < -0.39 is 11.9 Å². The summed E-state index contributed by atoms with van der Waals surface area (Å²) < 4.78 is 21.3. The fraction of sp³-hybridized carbons (Fsp3) is 0.364. The number of hydrogen-bond acceptors (Lipinski definition) is 8. The van der Waals surface area contributed by atoms with Crippen LogP contribution in [-0.4, -0.2) is 48.8 Å². The molecule has 0 aromatic heterocycles. The van der Waals surface area contributed by atoms with E-state index in [9.17, 15) is 0 Å². The summed E-state index contributed by atoms with van der Waals surface area (Å²) in [5, 5.41) is 21.5. The summed E-state index contributed by atoms with van der Waals surface area (Å²) in [7, 11) is 0. The van der Waals surface area contributed by atoms with E-state index in [1.165, 1.54) is 22.3 Å². The van der Waals surface area contributed by atoms with Crippen molar-refractivity contribution >= 4 is 11.9 Å². The highest BCUT2D eigenvalue weighted by molar-refractivity contribution is 6.27. The summed E-state index contributed by atoms with van der Waals surface area (Å²) in [4.78, 5) is 18.2. The monoisotopic (exact) mass is 444 g/mol. The Morgan fingerprint density at radius 3 is 1.31 bits per heavy atom. The second-order valence-corrected chi connectivity index (χ2v) is 7.41. The van der Waals surface area contributed by atoms with Crippen molar-refractivity contribution in [2.75, 3.05) is 26.7 Å². The van der Waals surface area contributed by atoms with E-state index in [1.54, 1.807) is 0 Å². The van der Waals surface area contributed by atoms with Gasteiger partial charge in [-0.1, -0.05) is 0 Å². The first-order chi connectivity index (χ1) is 15.5. The van der Waals surface area contributed by atoms with Gasteiger partial charge in [0.05, 0.1) is 0 Å². The summed E-state index contributed by atoms with van der Waals surface area (Å²) in [6.45, 7) is 4.76. The normalized spacial score (nSPS) is 16.4. The lowest BCUT2D eigenvalue weighted by atomic mass is 10.0. The first-order valence-corrected chi connectivity index (χ1v) is 10.2. The Kier molecular flexibility index (Phi) is 6.62. The third-order valence-corrected chi connectivity index (χ3v) is 5.35. The molecule has 4 N–H and O–H groups in total. The molecule has 4 aliphatic rings. The number of ether oxygens (including phenoxy) is 4. The Bertz CT molecular complexity index is 876. The maximum absolute atomic E-state index is 9.10. The van der Waals surface area contributed by atoms with Crippen molar-refractivity contribution in [3.63, 3.8) is 0 Å². The van der Waals surface area contributed by atoms with E-state index in [0.29, 0.717) is 13.6 Å². The van der Waals surface area contributed by atoms with Crippen LogP contribution in [0.1, 0.15) is 22.3 Å². The smallest absolute Gasteiger partial charge is 0.414 e. The van der Waals surface area contributed by atoms with Crippen molar-refractivity contribution in [3.8, 4) is 23.0 Å². The van der Waals surface area contributed by atoms with Crippen molar-refractivity contribution in [2.24, 2.45) is 0 Å². The lowest BCUT2D eigenvalue weighted by Crippen LogP contribution is -2.23. The molecule has 0 amide bonds. The van der Waals surface area contributed by atoms with Crippen LogP contribution in [0.4, 0.5) is 0 Å². The van der Waals surface area contributed by atoms with Crippen LogP contribution in [0.5, 0.6) is 23.0 Å². The summed E-state index contributed by atoms with van der Waals surface area (Å²) in [5.74, 6) is -0.0591. The van der Waals surface area contributed by atoms with Crippen molar-refractivity contribution < 1.29 is 38.7 Å². The van der Waals surface area contributed by atoms with Gasteiger partial charge in [0.15, 0.2) is 23.0 Å². The molecule has 0 saturated carbocycles. The molecule has 170 valence electrons. The Morgan fingerprint density at radius 2 is 0.969 bits per heavy atom. The molecule has 4 heterocycles. The van der Waals surface area contributed by atoms with Gasteiger partial charge in [-0.2, -0.15) is 0 Å². The largest absolute Gasteiger partial charge is 0.473 e. The van der Waals surface area contributed by atoms with Crippen LogP contribution in [0.2, 0.25) is 0 Å². The fourth-order valence-electron chi connectivity index (χ4n) is 3.74. The molecule has 0 bridgehead atoms. The number of carboxylic acids is 2. The second kappa shape index (κ2) is 9.75. The average molecular weight is 444 g/mol. The van der Waals surface area contributed by atoms with Crippen molar-refractivity contribution in [1.29, 1.82) is 0 Å². The molecule has 2 aromatic rings. The maximum atomic E-state index is 9.10. The van der Waals surface area contributed by atoms with Gasteiger partial charge < -0.3 is 39.8 Å². The summed E-state index contributed by atoms with van der Waals surface area (Å²) in [6, 6.07) is 8.39. The van der Waals surface area contributed by atoms with Crippen LogP contribution in [0.15, 0.2) is 24.3 Å². The van der Waals surface area contributed by atoms with Crippen LogP contribution in [0.3, 0.4) is 0 Å². The van der Waals surface area contributed by atoms with E-state index in [0.717, 1.165) is 62.0 Å². The minimum Gasteiger partial charge on any atom is -0.473 e. The average Bonchev–Trinajstić information content (AvgIpc) is 3.45. The molecule has 32 heavy (non-hydrogen) atoms. The van der Waals surface area contributed by atoms with Crippen LogP contribution in [0, 0.1) is 0 Å². The molecule has 6 rings (SSSR count). The standard InChI is InChI=1S/2C10H11NO2.C2H2O4/c2*1-2-11-5-8-4-10-9(3-7(1)8)12-6-13-10;3-1(4)2(5)6/h2*3-4,11H,1-2,5-6H2;(H,3,4)(H,5,6). The molecule has 10 nitrogen and oxygen atoms in total. The molecule has 0 radical (unpaired) electrons. The molecule has 0 unspecified atom stereocenters. The number of benzene rings is 2. The lowest BCUT2D eigenvalue weighted by Gasteiger charge is -2.17. The number of rotatable bonds is 0. The quantitative estimate of drug-likeness (QED) is 0.440. The number of carbonyl (C=O) groups is 2. The molecule has 0 aliphatic carbocycles. The van der Waals surface area contributed by atoms with E-state index in [1.807, 2.05) is 0 Å². The molecular weight excluding hydrogens is 420 g/mol. The zero-order valence-corrected chi connectivity index (χ0v) is 17.3. The first kappa shape index (κ1) is 21.7. The summed E-state index contributed by atoms with van der Waals surface area (Å²) in [5.41, 5.74) is 5.47. The van der Waals surface area contributed by atoms with Crippen LogP contribution >= 0.6 is 0 Å². The summed E-state index contributed by atoms with van der Waals surface area (Å²) in [6.07, 6.45) is 2.18. The topological polar surface area (TPSA) is 136 Å². The zero-order valence-electron chi connectivity index (χ0n) is 17.3. The van der Waals surface area contributed by atoms with E-state index in [2.05, 4.69) is 34.9 Å². The van der Waals surface area contributed by atoms with Gasteiger partial charge in [0.1, 0.15) is 0 Å². The number of nitrogens with one attached hydrogen (secondary N) is 2. The number of carboxylic acid groups (broad SMARTS) is 2. The van der Waals surface area contributed by atoms with Gasteiger partial charge in [-0.3, -0.25) is 0 Å². The fourth-order valence-corrected chi connectivity index (χ4v) is 3.74. The Hall–Kier alpha value is -3.50. The highest BCUT2D eigenvalue weighted by atomic mass is 16.7. The number of hydrogen-bond donors (Lipinski definition) is 4. The van der Waals surface area contributed by atoms with E-state index >= 15 is 0 Å². The maximum Gasteiger partial charge on any atom is 0.414 e. The molecule has 2 aromatic carbocycles. The molecule has 4 aliphatic heterocycles. The van der Waals surface area contributed by atoms with Crippen LogP contribution in [0.25, 0.3) is 0 Å². The predicted octanol–water partition coefficient (Wildman–Crippen LogP) is 1.28. The minimum atomic E-state index is -1.82. The van der Waals surface area contributed by atoms with Gasteiger partial charge in [0.2, 0.25) is 13.6 Å². The first-order valence-electron chi connectivity index (χ1n) is 10.2. The Balaban J connectivity index is 0.000000124. The van der Waals surface area contributed by atoms with Crippen LogP contribution in [-0.2, 0) is 35.5 Å². The highest BCUT2D eigenvalue weighted by Gasteiger charge is 2.19. The van der Waals surface area contributed by atoms with Gasteiger partial charge in [-0.15, -0.1) is 0 Å². The zero-order chi connectivity index (χ0) is 22.5. The van der Waals surface area contributed by atoms with E-state index in [-0.39, 0.29) is 0 Å². The number of fused-ring (bicyclic) bond motifs is 4. The molecule has 0 atom stereocenters. The minimum absolute atomic E-state index is 0.367. The van der Waals surface area contributed by atoms with Crippen molar-refractivity contribution in [1.82, 2.24) is 10.6 Å². The van der Waals surface area contributed by atoms with Gasteiger partial charge >= 0.3 is 11.9 Å². The third kappa shape index (κ3) is 5.04. The highest BCUT2D eigenvalue weighted by Crippen LogP contribution is 2.36. The van der Waals surface area contributed by atoms with Crippen LogP contribution < -0.4 is 29.6 Å². The van der Waals surface area contributed by atoms with Crippen molar-refractivity contribution in [3.05, 3.63) is 46.5 Å². The van der Waals surface area contributed by atoms with Gasteiger partial charge in [-0.25, -0.2) is 9.59 Å². The van der Waals surface area contributed by atoms with E-state index in [4.69, 9.17) is 38.7 Å². The SMILES string of the molecule is O=C(O)C(=O)O.c1c2c(cc3c1OCO3)CNCC2.c1c2c(cc3c1OCO3)CNCC2. The molecule has 10 heteroatoms. The third-order valence-electron chi connectivity index (χ3n) is 5.35.